The fraction of sp³-hybridized carbons (Fsp3) is 0.958. The van der Waals surface area contributed by atoms with Gasteiger partial charge in [0.2, 0.25) is 0 Å². The predicted octanol–water partition coefficient (Wildman–Crippen LogP) is 5.51. The third kappa shape index (κ3) is 2.98. The summed E-state index contributed by atoms with van der Waals surface area (Å²) < 4.78 is 0. The van der Waals surface area contributed by atoms with Crippen LogP contribution in [0.2, 0.25) is 0 Å². The van der Waals surface area contributed by atoms with E-state index in [1.165, 1.54) is 51.4 Å². The number of hydrogen-bond acceptors (Lipinski definition) is 2. The van der Waals surface area contributed by atoms with Gasteiger partial charge < -0.3 is 10.2 Å². The molecule has 0 radical (unpaired) electrons. The van der Waals surface area contributed by atoms with Crippen molar-refractivity contribution in [2.24, 2.45) is 46.3 Å². The van der Waals surface area contributed by atoms with Crippen LogP contribution in [0.25, 0.3) is 0 Å². The molecule has 0 saturated heterocycles. The Bertz CT molecular complexity index is 574. The van der Waals surface area contributed by atoms with E-state index in [-0.39, 0.29) is 17.9 Å². The lowest BCUT2D eigenvalue weighted by molar-refractivity contribution is -0.168. The molecule has 0 aromatic rings. The van der Waals surface area contributed by atoms with Crippen LogP contribution in [0.15, 0.2) is 0 Å². The molecule has 9 atom stereocenters. The van der Waals surface area contributed by atoms with E-state index < -0.39 is 5.97 Å². The van der Waals surface area contributed by atoms with Crippen LogP contribution in [0.4, 0.5) is 0 Å². The predicted molar refractivity (Wildman–Crippen MR) is 107 cm³/mol. The van der Waals surface area contributed by atoms with Crippen LogP contribution in [-0.4, -0.2) is 22.3 Å². The Morgan fingerprint density at radius 3 is 2.59 bits per heavy atom. The van der Waals surface area contributed by atoms with Crippen LogP contribution in [0, 0.1) is 46.3 Å². The minimum Gasteiger partial charge on any atom is -0.481 e. The molecule has 4 aliphatic carbocycles. The average molecular weight is 377 g/mol. The van der Waals surface area contributed by atoms with Crippen LogP contribution in [0.1, 0.15) is 91.4 Å². The molecule has 4 aliphatic rings. The van der Waals surface area contributed by atoms with Crippen LogP contribution < -0.4 is 0 Å². The number of aliphatic hydroxyl groups is 1. The topological polar surface area (TPSA) is 57.5 Å². The molecule has 4 fully saturated rings. The van der Waals surface area contributed by atoms with Crippen LogP contribution >= 0.6 is 0 Å². The maximum atomic E-state index is 11.5. The molecule has 0 heterocycles. The van der Waals surface area contributed by atoms with Crippen molar-refractivity contribution in [2.45, 2.75) is 97.5 Å². The summed E-state index contributed by atoms with van der Waals surface area (Å²) in [7, 11) is 0. The highest BCUT2D eigenvalue weighted by Crippen LogP contribution is 2.68. The SMILES string of the molecule is C[C@H](CCC(=O)O)C1CCC2[C@@H]3CC[C@@H]4CCCC[C@]4(C)C3C[C@H](O)[C@@]21C. The van der Waals surface area contributed by atoms with Gasteiger partial charge in [-0.2, -0.15) is 0 Å². The molecule has 0 spiro atoms. The van der Waals surface area contributed by atoms with Gasteiger partial charge in [-0.1, -0.05) is 33.6 Å². The van der Waals surface area contributed by atoms with E-state index in [0.29, 0.717) is 29.1 Å². The number of rotatable bonds is 4. The molecule has 154 valence electrons. The minimum atomic E-state index is -0.686. The summed E-state index contributed by atoms with van der Waals surface area (Å²) in [5, 5.41) is 20.6. The molecule has 4 rings (SSSR count). The summed E-state index contributed by atoms with van der Waals surface area (Å²) in [6, 6.07) is 0. The van der Waals surface area contributed by atoms with E-state index in [9.17, 15) is 9.90 Å². The Labute approximate surface area is 165 Å². The molecule has 0 aromatic heterocycles. The molecular weight excluding hydrogens is 336 g/mol. The summed E-state index contributed by atoms with van der Waals surface area (Å²) in [6.45, 7) is 7.16. The summed E-state index contributed by atoms with van der Waals surface area (Å²) in [6.07, 6.45) is 12.6. The number of fused-ring (bicyclic) bond motifs is 5. The van der Waals surface area contributed by atoms with E-state index in [4.69, 9.17) is 5.11 Å². The Balaban J connectivity index is 1.57. The number of aliphatic carboxylic acids is 1. The van der Waals surface area contributed by atoms with Gasteiger partial charge in [0.1, 0.15) is 0 Å². The van der Waals surface area contributed by atoms with E-state index in [1.807, 2.05) is 0 Å². The van der Waals surface area contributed by atoms with Crippen molar-refractivity contribution >= 4 is 5.97 Å². The van der Waals surface area contributed by atoms with Gasteiger partial charge in [-0.15, -0.1) is 0 Å². The first-order valence-electron chi connectivity index (χ1n) is 11.7. The number of hydrogen-bond donors (Lipinski definition) is 2. The smallest absolute Gasteiger partial charge is 0.303 e. The Morgan fingerprint density at radius 2 is 1.85 bits per heavy atom. The normalized spacial score (nSPS) is 50.4. The third-order valence-corrected chi connectivity index (χ3v) is 10.3. The summed E-state index contributed by atoms with van der Waals surface area (Å²) in [4.78, 5) is 11.1. The number of carbonyl (C=O) groups is 1. The van der Waals surface area contributed by atoms with Crippen LogP contribution in [-0.2, 0) is 4.79 Å². The van der Waals surface area contributed by atoms with Crippen molar-refractivity contribution in [3.8, 4) is 0 Å². The van der Waals surface area contributed by atoms with Crippen LogP contribution in [0.3, 0.4) is 0 Å². The highest BCUT2D eigenvalue weighted by molar-refractivity contribution is 5.66. The fourth-order valence-corrected chi connectivity index (χ4v) is 8.77. The maximum absolute atomic E-state index is 11.5. The number of carboxylic acids is 1. The second-order valence-corrected chi connectivity index (χ2v) is 11.1. The molecule has 27 heavy (non-hydrogen) atoms. The summed E-state index contributed by atoms with van der Waals surface area (Å²) in [5.41, 5.74) is 0.452. The van der Waals surface area contributed by atoms with Gasteiger partial charge in [-0.25, -0.2) is 0 Å². The van der Waals surface area contributed by atoms with Crippen molar-refractivity contribution in [3.63, 3.8) is 0 Å². The highest BCUT2D eigenvalue weighted by atomic mass is 16.4. The number of aliphatic hydroxyl groups excluding tert-OH is 1. The molecular formula is C24H40O3. The van der Waals surface area contributed by atoms with Gasteiger partial charge in [0.25, 0.3) is 0 Å². The Morgan fingerprint density at radius 1 is 1.07 bits per heavy atom. The lowest BCUT2D eigenvalue weighted by Crippen LogP contribution is -2.58. The zero-order chi connectivity index (χ0) is 19.4. The minimum absolute atomic E-state index is 0.00303. The van der Waals surface area contributed by atoms with Crippen molar-refractivity contribution in [2.75, 3.05) is 0 Å². The molecule has 2 N–H and O–H groups in total. The lowest BCUT2D eigenvalue weighted by atomic mass is 9.44. The van der Waals surface area contributed by atoms with Gasteiger partial charge in [0.15, 0.2) is 0 Å². The van der Waals surface area contributed by atoms with E-state index in [0.717, 1.165) is 24.7 Å². The molecule has 0 bridgehead atoms. The largest absolute Gasteiger partial charge is 0.481 e. The molecule has 3 heteroatoms. The molecule has 0 aliphatic heterocycles. The highest BCUT2D eigenvalue weighted by Gasteiger charge is 2.63. The third-order valence-electron chi connectivity index (χ3n) is 10.3. The maximum Gasteiger partial charge on any atom is 0.303 e. The van der Waals surface area contributed by atoms with Gasteiger partial charge in [0.05, 0.1) is 6.10 Å². The van der Waals surface area contributed by atoms with Gasteiger partial charge in [0, 0.05) is 6.42 Å². The first-order chi connectivity index (χ1) is 12.8. The average Bonchev–Trinajstić information content (AvgIpc) is 2.99. The second kappa shape index (κ2) is 7.04. The monoisotopic (exact) mass is 376 g/mol. The molecule has 0 aromatic carbocycles. The van der Waals surface area contributed by atoms with Crippen molar-refractivity contribution in [1.29, 1.82) is 0 Å². The molecule has 0 amide bonds. The zero-order valence-corrected chi connectivity index (χ0v) is 17.6. The summed E-state index contributed by atoms with van der Waals surface area (Å²) in [5.74, 6) is 3.21. The standard InChI is InChI=1S/C24H40O3/c1-15(7-12-22(26)27)18-10-11-19-17-9-8-16-6-4-5-13-23(16,2)20(17)14-21(25)24(18,19)3/h15-21,25H,4-14H2,1-3H3,(H,26,27)/t15-,16+,17+,18?,19?,20?,21+,23+,24-/m1/s1. The van der Waals surface area contributed by atoms with Gasteiger partial charge in [-0.05, 0) is 97.7 Å². The van der Waals surface area contributed by atoms with E-state index in [1.54, 1.807) is 0 Å². The number of carboxylic acid groups (broad SMARTS) is 1. The van der Waals surface area contributed by atoms with Crippen molar-refractivity contribution in [1.82, 2.24) is 0 Å². The van der Waals surface area contributed by atoms with Crippen molar-refractivity contribution < 1.29 is 15.0 Å². The first kappa shape index (κ1) is 19.7. The van der Waals surface area contributed by atoms with E-state index in [2.05, 4.69) is 20.8 Å². The molecule has 3 nitrogen and oxygen atoms in total. The van der Waals surface area contributed by atoms with Gasteiger partial charge >= 0.3 is 5.97 Å². The van der Waals surface area contributed by atoms with Crippen molar-refractivity contribution in [3.05, 3.63) is 0 Å². The zero-order valence-electron chi connectivity index (χ0n) is 17.6. The van der Waals surface area contributed by atoms with E-state index >= 15 is 0 Å². The lowest BCUT2D eigenvalue weighted by Gasteiger charge is -2.62. The molecule has 3 unspecified atom stereocenters. The Kier molecular flexibility index (Phi) is 5.15. The fourth-order valence-electron chi connectivity index (χ4n) is 8.77. The second-order valence-electron chi connectivity index (χ2n) is 11.1. The quantitative estimate of drug-likeness (QED) is 0.680. The summed E-state index contributed by atoms with van der Waals surface area (Å²) >= 11 is 0. The van der Waals surface area contributed by atoms with Gasteiger partial charge in [-0.3, -0.25) is 4.79 Å². The van der Waals surface area contributed by atoms with Crippen LogP contribution in [0.5, 0.6) is 0 Å². The molecule has 4 saturated carbocycles. The first-order valence-corrected chi connectivity index (χ1v) is 11.7. The Hall–Kier alpha value is -0.570.